The molecule has 33 heavy (non-hydrogen) atoms. The Morgan fingerprint density at radius 3 is 2.00 bits per heavy atom. The Balaban J connectivity index is 1.31. The smallest absolute Gasteiger partial charge is 0.329 e. The predicted molar refractivity (Wildman–Crippen MR) is 130 cm³/mol. The zero-order chi connectivity index (χ0) is 22.9. The molecule has 1 saturated heterocycles. The molecule has 4 rings (SSSR count). The standard InChI is InChI=1S/C28H28N2O3/c31-27-26(30(28(32)29-27)19-7-13-22-9-3-1-4-10-22)21-24-15-17-25(18-16-24)33-20-8-14-23-11-5-2-6-12-23/h1-6,9-12,15-18,21H,7-8,13-14,19-20H2,(H,29,31,32)/b26-21+. The Morgan fingerprint density at radius 2 is 1.36 bits per heavy atom. The highest BCUT2D eigenvalue weighted by atomic mass is 16.5. The number of carbonyl (C=O) groups is 2. The second-order valence-electron chi connectivity index (χ2n) is 8.04. The predicted octanol–water partition coefficient (Wildman–Crippen LogP) is 5.22. The van der Waals surface area contributed by atoms with Gasteiger partial charge in [-0.3, -0.25) is 15.0 Å². The van der Waals surface area contributed by atoms with E-state index in [9.17, 15) is 9.59 Å². The van der Waals surface area contributed by atoms with Crippen LogP contribution in [0.4, 0.5) is 4.79 Å². The van der Waals surface area contributed by atoms with Gasteiger partial charge < -0.3 is 4.74 Å². The number of urea groups is 1. The van der Waals surface area contributed by atoms with Crippen LogP contribution < -0.4 is 10.1 Å². The van der Waals surface area contributed by atoms with E-state index in [2.05, 4.69) is 29.6 Å². The van der Waals surface area contributed by atoms with Crippen molar-refractivity contribution in [1.82, 2.24) is 10.2 Å². The average Bonchev–Trinajstić information content (AvgIpc) is 3.11. The van der Waals surface area contributed by atoms with E-state index in [1.807, 2.05) is 60.7 Å². The quantitative estimate of drug-likeness (QED) is 0.267. The van der Waals surface area contributed by atoms with Crippen LogP contribution in [-0.2, 0) is 17.6 Å². The summed E-state index contributed by atoms with van der Waals surface area (Å²) in [6, 6.07) is 27.7. The average molecular weight is 441 g/mol. The number of aryl methyl sites for hydroxylation is 2. The third-order valence-corrected chi connectivity index (χ3v) is 5.58. The van der Waals surface area contributed by atoms with Gasteiger partial charge in [0.1, 0.15) is 11.4 Å². The number of amides is 3. The molecule has 0 bridgehead atoms. The lowest BCUT2D eigenvalue weighted by Gasteiger charge is -2.15. The zero-order valence-corrected chi connectivity index (χ0v) is 18.6. The summed E-state index contributed by atoms with van der Waals surface area (Å²) in [6.45, 7) is 1.13. The first-order valence-corrected chi connectivity index (χ1v) is 11.3. The zero-order valence-electron chi connectivity index (χ0n) is 18.6. The molecule has 0 atom stereocenters. The van der Waals surface area contributed by atoms with Gasteiger partial charge in [0.05, 0.1) is 6.61 Å². The summed E-state index contributed by atoms with van der Waals surface area (Å²) in [4.78, 5) is 26.1. The molecule has 0 aliphatic carbocycles. The number of hydrogen-bond acceptors (Lipinski definition) is 3. The molecule has 5 heteroatoms. The fourth-order valence-electron chi connectivity index (χ4n) is 3.84. The first kappa shape index (κ1) is 22.3. The van der Waals surface area contributed by atoms with E-state index in [0.717, 1.165) is 37.0 Å². The Morgan fingerprint density at radius 1 is 0.758 bits per heavy atom. The lowest BCUT2D eigenvalue weighted by atomic mass is 10.1. The number of nitrogens with zero attached hydrogens (tertiary/aromatic N) is 1. The highest BCUT2D eigenvalue weighted by Crippen LogP contribution is 2.20. The molecule has 0 spiro atoms. The van der Waals surface area contributed by atoms with Crippen LogP contribution in [0.15, 0.2) is 90.6 Å². The molecule has 1 aliphatic rings. The molecule has 168 valence electrons. The van der Waals surface area contributed by atoms with E-state index in [1.54, 1.807) is 6.08 Å². The highest BCUT2D eigenvalue weighted by molar-refractivity contribution is 6.13. The number of benzene rings is 3. The minimum Gasteiger partial charge on any atom is -0.494 e. The third kappa shape index (κ3) is 6.32. The Bertz CT molecular complexity index is 1090. The maximum absolute atomic E-state index is 12.3. The summed E-state index contributed by atoms with van der Waals surface area (Å²) in [5.74, 6) is 0.429. The van der Waals surface area contributed by atoms with Crippen molar-refractivity contribution < 1.29 is 14.3 Å². The lowest BCUT2D eigenvalue weighted by molar-refractivity contribution is -0.116. The van der Waals surface area contributed by atoms with Gasteiger partial charge in [0, 0.05) is 6.54 Å². The number of rotatable bonds is 10. The summed E-state index contributed by atoms with van der Waals surface area (Å²) in [5.41, 5.74) is 3.75. The van der Waals surface area contributed by atoms with Gasteiger partial charge in [0.25, 0.3) is 5.91 Å². The summed E-state index contributed by atoms with van der Waals surface area (Å²) in [7, 11) is 0. The molecule has 1 aliphatic heterocycles. The van der Waals surface area contributed by atoms with Crippen molar-refractivity contribution >= 4 is 18.0 Å². The summed E-state index contributed by atoms with van der Waals surface area (Å²) >= 11 is 0. The van der Waals surface area contributed by atoms with Crippen molar-refractivity contribution in [2.75, 3.05) is 13.2 Å². The molecule has 0 aromatic heterocycles. The minimum atomic E-state index is -0.363. The fraction of sp³-hybridized carbons (Fsp3) is 0.214. The second kappa shape index (κ2) is 11.1. The first-order valence-electron chi connectivity index (χ1n) is 11.3. The molecule has 1 fully saturated rings. The summed E-state index contributed by atoms with van der Waals surface area (Å²) in [6.07, 6.45) is 5.30. The molecule has 0 saturated carbocycles. The van der Waals surface area contributed by atoms with Crippen LogP contribution in [-0.4, -0.2) is 30.0 Å². The number of hydrogen-bond donors (Lipinski definition) is 1. The van der Waals surface area contributed by atoms with E-state index in [0.29, 0.717) is 18.8 Å². The van der Waals surface area contributed by atoms with Crippen molar-refractivity contribution in [1.29, 1.82) is 0 Å². The van der Waals surface area contributed by atoms with Crippen LogP contribution in [0.1, 0.15) is 29.5 Å². The van der Waals surface area contributed by atoms with E-state index >= 15 is 0 Å². The molecule has 0 unspecified atom stereocenters. The number of imide groups is 1. The van der Waals surface area contributed by atoms with Crippen LogP contribution in [0.25, 0.3) is 6.08 Å². The number of carbonyl (C=O) groups excluding carboxylic acids is 2. The van der Waals surface area contributed by atoms with Gasteiger partial charge in [0.15, 0.2) is 0 Å². The van der Waals surface area contributed by atoms with Crippen LogP contribution in [0.3, 0.4) is 0 Å². The third-order valence-electron chi connectivity index (χ3n) is 5.58. The van der Waals surface area contributed by atoms with Crippen LogP contribution in [0, 0.1) is 0 Å². The molecule has 3 aromatic carbocycles. The Labute approximate surface area is 194 Å². The maximum atomic E-state index is 12.3. The monoisotopic (exact) mass is 440 g/mol. The van der Waals surface area contributed by atoms with Crippen LogP contribution in [0.2, 0.25) is 0 Å². The summed E-state index contributed by atoms with van der Waals surface area (Å²) in [5, 5.41) is 2.40. The molecule has 0 radical (unpaired) electrons. The van der Waals surface area contributed by atoms with E-state index in [1.165, 1.54) is 16.0 Å². The van der Waals surface area contributed by atoms with Gasteiger partial charge in [-0.1, -0.05) is 72.8 Å². The van der Waals surface area contributed by atoms with Gasteiger partial charge in [0.2, 0.25) is 0 Å². The van der Waals surface area contributed by atoms with Crippen LogP contribution >= 0.6 is 0 Å². The first-order chi connectivity index (χ1) is 16.2. The molecule has 5 nitrogen and oxygen atoms in total. The van der Waals surface area contributed by atoms with Crippen molar-refractivity contribution in [2.45, 2.75) is 25.7 Å². The number of ether oxygens (including phenoxy) is 1. The topological polar surface area (TPSA) is 58.6 Å². The molecule has 1 N–H and O–H groups in total. The maximum Gasteiger partial charge on any atom is 0.329 e. The molecular formula is C28H28N2O3. The SMILES string of the molecule is O=C1NC(=O)N(CCCc2ccccc2)/C1=C/c1ccc(OCCCc2ccccc2)cc1. The van der Waals surface area contributed by atoms with E-state index in [-0.39, 0.29) is 11.9 Å². The van der Waals surface area contributed by atoms with Crippen molar-refractivity contribution in [3.63, 3.8) is 0 Å². The molecule has 1 heterocycles. The minimum absolute atomic E-state index is 0.360. The number of nitrogens with one attached hydrogen (secondary N) is 1. The van der Waals surface area contributed by atoms with Gasteiger partial charge >= 0.3 is 6.03 Å². The molecule has 3 aromatic rings. The largest absolute Gasteiger partial charge is 0.494 e. The van der Waals surface area contributed by atoms with Crippen molar-refractivity contribution in [2.24, 2.45) is 0 Å². The lowest BCUT2D eigenvalue weighted by Crippen LogP contribution is -2.28. The van der Waals surface area contributed by atoms with E-state index in [4.69, 9.17) is 4.74 Å². The van der Waals surface area contributed by atoms with Crippen LogP contribution in [0.5, 0.6) is 5.75 Å². The van der Waals surface area contributed by atoms with Gasteiger partial charge in [-0.2, -0.15) is 0 Å². The van der Waals surface area contributed by atoms with E-state index < -0.39 is 0 Å². The Hall–Kier alpha value is -3.86. The van der Waals surface area contributed by atoms with Gasteiger partial charge in [-0.15, -0.1) is 0 Å². The van der Waals surface area contributed by atoms with Crippen molar-refractivity contribution in [3.05, 3.63) is 107 Å². The highest BCUT2D eigenvalue weighted by Gasteiger charge is 2.32. The van der Waals surface area contributed by atoms with Crippen molar-refractivity contribution in [3.8, 4) is 5.75 Å². The molecular weight excluding hydrogens is 412 g/mol. The second-order valence-corrected chi connectivity index (χ2v) is 8.04. The molecule has 3 amide bonds. The normalized spacial score (nSPS) is 14.5. The Kier molecular flexibility index (Phi) is 7.54. The van der Waals surface area contributed by atoms with Gasteiger partial charge in [-0.25, -0.2) is 4.79 Å². The summed E-state index contributed by atoms with van der Waals surface area (Å²) < 4.78 is 5.84. The fourth-order valence-corrected chi connectivity index (χ4v) is 3.84. The van der Waals surface area contributed by atoms with Gasteiger partial charge in [-0.05, 0) is 60.6 Å².